The van der Waals surface area contributed by atoms with E-state index in [9.17, 15) is 27.6 Å². The van der Waals surface area contributed by atoms with E-state index < -0.39 is 74.0 Å². The first-order valence-corrected chi connectivity index (χ1v) is 19.0. The number of carbonyl (C=O) groups excluding carboxylic acids is 4. The molecule has 2 aromatic rings. The van der Waals surface area contributed by atoms with Gasteiger partial charge < -0.3 is 25.6 Å². The number of likely N-dealkylation sites (tertiary alicyclic amines) is 1. The lowest BCUT2D eigenvalue weighted by Crippen LogP contribution is -2.61. The number of methoxy groups -OCH3 is 1. The SMILES string of the molecule is C=C[C@@H]1C[C@]1(NC(=O)[C@@H]1C[C@@H](n2nnc(-c3ccc(OC)cc3)n2)CN1C(=O)[C@@H](NC(=O)NC1CCCC1)C(C)(C)C)C(=O)NS(=O)(=O)C1CC1. The van der Waals surface area contributed by atoms with Crippen LogP contribution in [0.3, 0.4) is 0 Å². The van der Waals surface area contributed by atoms with Crippen LogP contribution in [0.1, 0.15) is 78.2 Å². The lowest BCUT2D eigenvalue weighted by Gasteiger charge is -2.36. The summed E-state index contributed by atoms with van der Waals surface area (Å²) in [5, 5.41) is 21.0. The molecule has 5 amide bonds. The Morgan fingerprint density at radius 1 is 1.08 bits per heavy atom. The molecule has 276 valence electrons. The van der Waals surface area contributed by atoms with Gasteiger partial charge in [0, 0.05) is 30.5 Å². The van der Waals surface area contributed by atoms with Gasteiger partial charge in [0.2, 0.25) is 27.7 Å². The molecule has 1 aliphatic heterocycles. The van der Waals surface area contributed by atoms with E-state index in [4.69, 9.17) is 4.74 Å². The van der Waals surface area contributed by atoms with E-state index in [1.54, 1.807) is 31.4 Å². The average Bonchev–Trinajstić information content (AvgIpc) is 3.85. The topological polar surface area (TPSA) is 207 Å². The van der Waals surface area contributed by atoms with Crippen molar-refractivity contribution < 1.29 is 32.3 Å². The van der Waals surface area contributed by atoms with Crippen molar-refractivity contribution in [1.29, 1.82) is 0 Å². The number of benzene rings is 1. The lowest BCUT2D eigenvalue weighted by molar-refractivity contribution is -0.142. The van der Waals surface area contributed by atoms with Crippen molar-refractivity contribution in [3.63, 3.8) is 0 Å². The number of nitrogens with one attached hydrogen (secondary N) is 4. The van der Waals surface area contributed by atoms with Gasteiger partial charge in [-0.3, -0.25) is 19.1 Å². The Bertz CT molecular complexity index is 1780. The molecule has 1 aromatic heterocycles. The number of rotatable bonds is 12. The zero-order chi connectivity index (χ0) is 36.7. The summed E-state index contributed by atoms with van der Waals surface area (Å²) in [6, 6.07) is 3.95. The standard InChI is InChI=1S/C34H47N9O7S/c1-6-21-18-34(21,31(46)40-51(48,49)25-15-16-25)37-29(44)26-17-23(43-39-28(38-41-43)20-11-13-24(50-5)14-12-20)19-42(26)30(45)27(33(2,3)4)36-32(47)35-22-9-7-8-10-22/h6,11-14,21-23,25-27H,1,7-10,15-19H2,2-5H3,(H,37,44)(H,40,46)(H2,35,36,47)/t21-,23-,26+,27-,34-/m1/s1. The van der Waals surface area contributed by atoms with E-state index in [1.807, 2.05) is 20.8 Å². The third kappa shape index (κ3) is 7.72. The van der Waals surface area contributed by atoms with E-state index >= 15 is 0 Å². The van der Waals surface area contributed by atoms with Crippen molar-refractivity contribution in [3.05, 3.63) is 36.9 Å². The van der Waals surface area contributed by atoms with Gasteiger partial charge in [0.1, 0.15) is 23.4 Å². The first kappa shape index (κ1) is 36.3. The van der Waals surface area contributed by atoms with Crippen LogP contribution in [0.15, 0.2) is 36.9 Å². The summed E-state index contributed by atoms with van der Waals surface area (Å²) >= 11 is 0. The summed E-state index contributed by atoms with van der Waals surface area (Å²) < 4.78 is 32.7. The largest absolute Gasteiger partial charge is 0.497 e. The maximum Gasteiger partial charge on any atom is 0.315 e. The molecule has 16 nitrogen and oxygen atoms in total. The number of ether oxygens (including phenoxy) is 1. The van der Waals surface area contributed by atoms with Crippen molar-refractivity contribution >= 4 is 33.8 Å². The quantitative estimate of drug-likeness (QED) is 0.234. The molecule has 4 fully saturated rings. The predicted octanol–water partition coefficient (Wildman–Crippen LogP) is 1.82. The van der Waals surface area contributed by atoms with E-state index in [-0.39, 0.29) is 25.4 Å². The summed E-state index contributed by atoms with van der Waals surface area (Å²) in [5.74, 6) is -1.49. The number of carbonyl (C=O) groups is 4. The minimum atomic E-state index is -3.89. The fourth-order valence-electron chi connectivity index (χ4n) is 6.97. The minimum Gasteiger partial charge on any atom is -0.497 e. The molecule has 6 rings (SSSR count). The van der Waals surface area contributed by atoms with Gasteiger partial charge in [0.15, 0.2) is 0 Å². The van der Waals surface area contributed by atoms with Crippen LogP contribution in [0, 0.1) is 11.3 Å². The molecule has 1 aromatic carbocycles. The zero-order valence-corrected chi connectivity index (χ0v) is 30.2. The molecule has 0 spiro atoms. The number of nitrogens with zero attached hydrogens (tertiary/aromatic N) is 5. The molecule has 5 atom stereocenters. The second-order valence-corrected chi connectivity index (χ2v) is 17.1. The molecule has 51 heavy (non-hydrogen) atoms. The summed E-state index contributed by atoms with van der Waals surface area (Å²) in [6.45, 7) is 9.26. The van der Waals surface area contributed by atoms with Gasteiger partial charge >= 0.3 is 6.03 Å². The van der Waals surface area contributed by atoms with Gasteiger partial charge in [-0.15, -0.1) is 16.8 Å². The second kappa shape index (κ2) is 13.9. The maximum absolute atomic E-state index is 14.5. The van der Waals surface area contributed by atoms with Crippen LogP contribution in [0.5, 0.6) is 5.75 Å². The van der Waals surface area contributed by atoms with Crippen molar-refractivity contribution in [2.45, 2.75) is 107 Å². The zero-order valence-electron chi connectivity index (χ0n) is 29.4. The normalized spacial score (nSPS) is 25.5. The summed E-state index contributed by atoms with van der Waals surface area (Å²) in [4.78, 5) is 58.1. The second-order valence-electron chi connectivity index (χ2n) is 15.1. The molecule has 4 N–H and O–H groups in total. The van der Waals surface area contributed by atoms with Crippen LogP contribution in [0.25, 0.3) is 11.4 Å². The molecule has 4 aliphatic rings. The molecular weight excluding hydrogens is 678 g/mol. The fraction of sp³-hybridized carbons (Fsp3) is 0.618. The monoisotopic (exact) mass is 725 g/mol. The number of amides is 5. The Labute approximate surface area is 297 Å². The van der Waals surface area contributed by atoms with Crippen LogP contribution in [0.2, 0.25) is 0 Å². The summed E-state index contributed by atoms with van der Waals surface area (Å²) in [6.07, 6.45) is 6.43. The van der Waals surface area contributed by atoms with Gasteiger partial charge in [-0.2, -0.15) is 4.80 Å². The van der Waals surface area contributed by atoms with Crippen LogP contribution >= 0.6 is 0 Å². The highest BCUT2D eigenvalue weighted by Crippen LogP contribution is 2.45. The van der Waals surface area contributed by atoms with E-state index in [0.29, 0.717) is 30.0 Å². The molecule has 1 saturated heterocycles. The van der Waals surface area contributed by atoms with Crippen LogP contribution < -0.4 is 25.4 Å². The Morgan fingerprint density at radius 3 is 2.35 bits per heavy atom. The van der Waals surface area contributed by atoms with Crippen molar-refractivity contribution in [3.8, 4) is 17.1 Å². The number of tetrazole rings is 1. The number of aromatic nitrogens is 4. The van der Waals surface area contributed by atoms with Gasteiger partial charge in [-0.05, 0) is 67.0 Å². The smallest absolute Gasteiger partial charge is 0.315 e. The first-order chi connectivity index (χ1) is 24.1. The van der Waals surface area contributed by atoms with E-state index in [2.05, 4.69) is 42.7 Å². The average molecular weight is 726 g/mol. The van der Waals surface area contributed by atoms with E-state index in [0.717, 1.165) is 25.7 Å². The van der Waals surface area contributed by atoms with Crippen LogP contribution in [-0.2, 0) is 24.4 Å². The molecule has 0 radical (unpaired) electrons. The number of hydrogen-bond donors (Lipinski definition) is 4. The van der Waals surface area contributed by atoms with Crippen molar-refractivity contribution in [2.24, 2.45) is 11.3 Å². The third-order valence-corrected chi connectivity index (χ3v) is 12.1. The molecule has 17 heteroatoms. The highest BCUT2D eigenvalue weighted by molar-refractivity contribution is 7.91. The molecule has 3 aliphatic carbocycles. The molecule has 0 bridgehead atoms. The first-order valence-electron chi connectivity index (χ1n) is 17.5. The van der Waals surface area contributed by atoms with Crippen LogP contribution in [0.4, 0.5) is 4.79 Å². The molecule has 0 unspecified atom stereocenters. The van der Waals surface area contributed by atoms with Crippen molar-refractivity contribution in [1.82, 2.24) is 45.8 Å². The molecule has 2 heterocycles. The Hall–Kier alpha value is -4.54. The summed E-state index contributed by atoms with van der Waals surface area (Å²) in [7, 11) is -2.32. The Kier molecular flexibility index (Phi) is 9.87. The fourth-order valence-corrected chi connectivity index (χ4v) is 8.33. The number of hydrogen-bond acceptors (Lipinski definition) is 10. The lowest BCUT2D eigenvalue weighted by atomic mass is 9.85. The van der Waals surface area contributed by atoms with Gasteiger partial charge in [0.05, 0.1) is 18.4 Å². The predicted molar refractivity (Wildman–Crippen MR) is 185 cm³/mol. The van der Waals surface area contributed by atoms with Crippen molar-refractivity contribution in [2.75, 3.05) is 13.7 Å². The van der Waals surface area contributed by atoms with Gasteiger partial charge in [-0.1, -0.05) is 39.7 Å². The number of urea groups is 1. The highest BCUT2D eigenvalue weighted by atomic mass is 32.2. The van der Waals surface area contributed by atoms with Gasteiger partial charge in [-0.25, -0.2) is 13.2 Å². The van der Waals surface area contributed by atoms with Crippen LogP contribution in [-0.4, -0.2) is 99.8 Å². The summed E-state index contributed by atoms with van der Waals surface area (Å²) in [5.41, 5.74) is -1.60. The minimum absolute atomic E-state index is 0.00792. The Balaban J connectivity index is 1.26. The number of sulfonamides is 1. The third-order valence-electron chi connectivity index (χ3n) is 10.3. The molecule has 3 saturated carbocycles. The Morgan fingerprint density at radius 2 is 1.76 bits per heavy atom. The highest BCUT2D eigenvalue weighted by Gasteiger charge is 2.62. The van der Waals surface area contributed by atoms with Gasteiger partial charge in [0.25, 0.3) is 5.91 Å². The maximum atomic E-state index is 14.5. The van der Waals surface area contributed by atoms with E-state index in [1.165, 1.54) is 15.8 Å². The molecular formula is C34H47N9O7S.